The van der Waals surface area contributed by atoms with E-state index in [9.17, 15) is 9.59 Å². The molecule has 0 spiro atoms. The molecule has 1 fully saturated rings. The summed E-state index contributed by atoms with van der Waals surface area (Å²) in [5, 5.41) is 2.82. The maximum Gasteiger partial charge on any atom is 0.251 e. The number of amides is 2. The Bertz CT molecular complexity index is 559. The molecule has 0 aliphatic carbocycles. The maximum atomic E-state index is 12.6. The van der Waals surface area contributed by atoms with Crippen LogP contribution >= 0.6 is 11.6 Å². The van der Waals surface area contributed by atoms with Gasteiger partial charge in [-0.3, -0.25) is 9.59 Å². The maximum absolute atomic E-state index is 12.6. The number of carbonyl (C=O) groups excluding carboxylic acids is 2. The second-order valence-corrected chi connectivity index (χ2v) is 5.44. The molecule has 2 atom stereocenters. The minimum atomic E-state index is -1.03. The fraction of sp³-hybridized carbons (Fsp3) is 0.375. The first-order valence-corrected chi connectivity index (χ1v) is 7.42. The van der Waals surface area contributed by atoms with Crippen LogP contribution in [0.2, 0.25) is 0 Å². The summed E-state index contributed by atoms with van der Waals surface area (Å²) in [4.78, 5) is 26.9. The third-order valence-electron chi connectivity index (χ3n) is 3.97. The van der Waals surface area contributed by atoms with Gasteiger partial charge in [0.2, 0.25) is 5.91 Å². The van der Waals surface area contributed by atoms with Crippen LogP contribution in [0, 0.1) is 0 Å². The molecule has 1 aromatic carbocycles. The fourth-order valence-corrected chi connectivity index (χ4v) is 2.72. The summed E-state index contributed by atoms with van der Waals surface area (Å²) in [5.74, 6) is -0.249. The van der Waals surface area contributed by atoms with E-state index in [4.69, 9.17) is 11.6 Å². The van der Waals surface area contributed by atoms with Crippen molar-refractivity contribution >= 4 is 23.4 Å². The Kier molecular flexibility index (Phi) is 4.68. The first kappa shape index (κ1) is 15.6. The Balaban J connectivity index is 2.49. The van der Waals surface area contributed by atoms with Gasteiger partial charge in [0, 0.05) is 12.1 Å². The number of benzene rings is 1. The average Bonchev–Trinajstić information content (AvgIpc) is 2.51. The Morgan fingerprint density at radius 3 is 2.57 bits per heavy atom. The number of halogens is 1. The van der Waals surface area contributed by atoms with Crippen LogP contribution in [0.1, 0.15) is 25.8 Å². The van der Waals surface area contributed by atoms with Crippen molar-refractivity contribution in [3.05, 3.63) is 47.5 Å². The van der Waals surface area contributed by atoms with E-state index in [0.717, 1.165) is 5.56 Å². The largest absolute Gasteiger partial charge is 0.342 e. The van der Waals surface area contributed by atoms with Crippen molar-refractivity contribution in [2.24, 2.45) is 0 Å². The van der Waals surface area contributed by atoms with E-state index < -0.39 is 11.6 Å². The van der Waals surface area contributed by atoms with Gasteiger partial charge in [-0.05, 0) is 18.9 Å². The van der Waals surface area contributed by atoms with Gasteiger partial charge < -0.3 is 10.2 Å². The highest BCUT2D eigenvalue weighted by molar-refractivity contribution is 6.25. The predicted molar refractivity (Wildman–Crippen MR) is 82.7 cm³/mol. The molecular formula is C16H19ClN2O2. The van der Waals surface area contributed by atoms with Crippen molar-refractivity contribution in [2.45, 2.75) is 31.8 Å². The SMILES string of the molecule is CCC1NC(=O)C(C)(c2ccccc2)N(C/C=C/Cl)C1=O. The molecule has 1 aliphatic rings. The third-order valence-corrected chi connectivity index (χ3v) is 4.15. The lowest BCUT2D eigenvalue weighted by Gasteiger charge is -2.46. The zero-order valence-electron chi connectivity index (χ0n) is 12.2. The Hall–Kier alpha value is -1.81. The van der Waals surface area contributed by atoms with E-state index in [1.807, 2.05) is 37.3 Å². The second kappa shape index (κ2) is 6.31. The molecule has 2 rings (SSSR count). The van der Waals surface area contributed by atoms with Crippen molar-refractivity contribution in [1.29, 1.82) is 0 Å². The van der Waals surface area contributed by atoms with Gasteiger partial charge in [0.15, 0.2) is 0 Å². The van der Waals surface area contributed by atoms with Crippen LogP contribution in [0.3, 0.4) is 0 Å². The fourth-order valence-electron chi connectivity index (χ4n) is 2.64. The van der Waals surface area contributed by atoms with Crippen molar-refractivity contribution in [2.75, 3.05) is 6.54 Å². The van der Waals surface area contributed by atoms with Crippen LogP contribution in [-0.2, 0) is 15.1 Å². The predicted octanol–water partition coefficient (Wildman–Crippen LogP) is 2.39. The molecule has 0 bridgehead atoms. The number of hydrogen-bond donors (Lipinski definition) is 1. The van der Waals surface area contributed by atoms with Crippen LogP contribution in [0.25, 0.3) is 0 Å². The molecule has 1 aromatic rings. The smallest absolute Gasteiger partial charge is 0.251 e. The standard InChI is InChI=1S/C16H19ClN2O2/c1-3-13-14(20)19(11-7-10-17)16(2,15(21)18-13)12-8-5-4-6-9-12/h4-10,13H,3,11H2,1-2H3,(H,18,21)/b10-7+. The lowest BCUT2D eigenvalue weighted by atomic mass is 9.85. The van der Waals surface area contributed by atoms with E-state index in [1.54, 1.807) is 17.9 Å². The lowest BCUT2D eigenvalue weighted by Crippen LogP contribution is -2.67. The minimum Gasteiger partial charge on any atom is -0.342 e. The van der Waals surface area contributed by atoms with E-state index in [1.165, 1.54) is 5.54 Å². The van der Waals surface area contributed by atoms with E-state index in [0.29, 0.717) is 13.0 Å². The number of piperazine rings is 1. The van der Waals surface area contributed by atoms with Gasteiger partial charge in [-0.25, -0.2) is 0 Å². The van der Waals surface area contributed by atoms with Gasteiger partial charge in [-0.1, -0.05) is 54.9 Å². The summed E-state index contributed by atoms with van der Waals surface area (Å²) in [6.07, 6.45) is 2.24. The summed E-state index contributed by atoms with van der Waals surface area (Å²) < 4.78 is 0. The average molecular weight is 307 g/mol. The van der Waals surface area contributed by atoms with Crippen LogP contribution in [0.15, 0.2) is 41.9 Å². The first-order chi connectivity index (χ1) is 10.1. The number of nitrogens with zero attached hydrogens (tertiary/aromatic N) is 1. The molecule has 1 aliphatic heterocycles. The number of rotatable bonds is 4. The van der Waals surface area contributed by atoms with Gasteiger partial charge in [-0.2, -0.15) is 0 Å². The van der Waals surface area contributed by atoms with Crippen LogP contribution in [0.4, 0.5) is 0 Å². The highest BCUT2D eigenvalue weighted by Gasteiger charge is 2.49. The van der Waals surface area contributed by atoms with Gasteiger partial charge in [0.05, 0.1) is 0 Å². The van der Waals surface area contributed by atoms with E-state index in [2.05, 4.69) is 5.32 Å². The van der Waals surface area contributed by atoms with Crippen molar-refractivity contribution < 1.29 is 9.59 Å². The molecule has 0 radical (unpaired) electrons. The zero-order valence-corrected chi connectivity index (χ0v) is 12.9. The molecule has 2 amide bonds. The van der Waals surface area contributed by atoms with Gasteiger partial charge in [-0.15, -0.1) is 0 Å². The molecule has 4 nitrogen and oxygen atoms in total. The molecular weight excluding hydrogens is 288 g/mol. The quantitative estimate of drug-likeness (QED) is 0.928. The molecule has 1 saturated heterocycles. The topological polar surface area (TPSA) is 49.4 Å². The highest BCUT2D eigenvalue weighted by Crippen LogP contribution is 2.32. The van der Waals surface area contributed by atoms with Gasteiger partial charge in [0.1, 0.15) is 11.6 Å². The highest BCUT2D eigenvalue weighted by atomic mass is 35.5. The molecule has 1 N–H and O–H groups in total. The molecule has 0 aromatic heterocycles. The Labute approximate surface area is 129 Å². The van der Waals surface area contributed by atoms with Crippen LogP contribution in [-0.4, -0.2) is 29.3 Å². The minimum absolute atomic E-state index is 0.0850. The number of carbonyl (C=O) groups is 2. The molecule has 1 heterocycles. The summed E-state index contributed by atoms with van der Waals surface area (Å²) in [6, 6.07) is 8.85. The molecule has 0 saturated carbocycles. The number of nitrogens with one attached hydrogen (secondary N) is 1. The summed E-state index contributed by atoms with van der Waals surface area (Å²) in [6.45, 7) is 3.95. The molecule has 112 valence electrons. The zero-order chi connectivity index (χ0) is 15.5. The third kappa shape index (κ3) is 2.68. The molecule has 2 unspecified atom stereocenters. The van der Waals surface area contributed by atoms with E-state index >= 15 is 0 Å². The van der Waals surface area contributed by atoms with Crippen molar-refractivity contribution in [3.8, 4) is 0 Å². The lowest BCUT2D eigenvalue weighted by molar-refractivity contribution is -0.156. The molecule has 5 heteroatoms. The summed E-state index contributed by atoms with van der Waals surface area (Å²) >= 11 is 5.60. The summed E-state index contributed by atoms with van der Waals surface area (Å²) in [5.41, 5.74) is 1.13. The van der Waals surface area contributed by atoms with Gasteiger partial charge >= 0.3 is 0 Å². The number of hydrogen-bond acceptors (Lipinski definition) is 2. The van der Waals surface area contributed by atoms with Crippen LogP contribution < -0.4 is 5.32 Å². The monoisotopic (exact) mass is 306 g/mol. The molecule has 21 heavy (non-hydrogen) atoms. The second-order valence-electron chi connectivity index (χ2n) is 5.18. The van der Waals surface area contributed by atoms with Crippen LogP contribution in [0.5, 0.6) is 0 Å². The first-order valence-electron chi connectivity index (χ1n) is 6.98. The van der Waals surface area contributed by atoms with Crippen molar-refractivity contribution in [3.63, 3.8) is 0 Å². The van der Waals surface area contributed by atoms with Gasteiger partial charge in [0.25, 0.3) is 5.91 Å². The normalized spacial score (nSPS) is 26.2. The summed E-state index contributed by atoms with van der Waals surface area (Å²) in [7, 11) is 0. The Morgan fingerprint density at radius 2 is 2.00 bits per heavy atom. The van der Waals surface area contributed by atoms with Crippen molar-refractivity contribution in [1.82, 2.24) is 10.2 Å². The Morgan fingerprint density at radius 1 is 1.33 bits per heavy atom. The van der Waals surface area contributed by atoms with E-state index in [-0.39, 0.29) is 11.8 Å².